The average Bonchev–Trinajstić information content (AvgIpc) is 2.05. The van der Waals surface area contributed by atoms with Gasteiger partial charge in [-0.15, -0.1) is 11.8 Å². The zero-order chi connectivity index (χ0) is 8.27. The van der Waals surface area contributed by atoms with Crippen molar-refractivity contribution in [3.63, 3.8) is 0 Å². The van der Waals surface area contributed by atoms with Gasteiger partial charge in [0.2, 0.25) is 0 Å². The summed E-state index contributed by atoms with van der Waals surface area (Å²) in [6.07, 6.45) is 4.99. The molecule has 0 spiro atoms. The van der Waals surface area contributed by atoms with Gasteiger partial charge < -0.3 is 0 Å². The van der Waals surface area contributed by atoms with Crippen LogP contribution < -0.4 is 0 Å². The minimum atomic E-state index is 1.11. The summed E-state index contributed by atoms with van der Waals surface area (Å²) in [6, 6.07) is 6.18. The van der Waals surface area contributed by atoms with Crippen molar-refractivity contribution in [1.29, 1.82) is 0 Å². The van der Waals surface area contributed by atoms with Crippen LogP contribution in [0.5, 0.6) is 0 Å². The Morgan fingerprint density at radius 3 is 2.73 bits per heavy atom. The van der Waals surface area contributed by atoms with Gasteiger partial charge in [-0.3, -0.25) is 0 Å². The highest BCUT2D eigenvalue weighted by atomic mass is 32.2. The first-order chi connectivity index (χ1) is 5.29. The maximum atomic E-state index is 3.63. The molecule has 0 saturated carbocycles. The van der Waals surface area contributed by atoms with E-state index in [0.29, 0.717) is 0 Å². The minimum absolute atomic E-state index is 1.11. The van der Waals surface area contributed by atoms with E-state index in [1.807, 2.05) is 12.1 Å². The maximum absolute atomic E-state index is 3.63. The summed E-state index contributed by atoms with van der Waals surface area (Å²) in [5, 5.41) is 0. The van der Waals surface area contributed by atoms with Gasteiger partial charge in [-0.2, -0.15) is 0 Å². The molecule has 1 radical (unpaired) electrons. The highest BCUT2D eigenvalue weighted by molar-refractivity contribution is 7.98. The Hall–Kier alpha value is -0.690. The number of thioether (sulfide) groups is 1. The van der Waals surface area contributed by atoms with Gasteiger partial charge in [-0.1, -0.05) is 18.7 Å². The lowest BCUT2D eigenvalue weighted by Crippen LogP contribution is -1.83. The molecule has 0 aliphatic heterocycles. The average molecular weight is 163 g/mol. The first-order valence-electron chi connectivity index (χ1n) is 3.46. The van der Waals surface area contributed by atoms with Crippen LogP contribution in [0.1, 0.15) is 11.1 Å². The van der Waals surface area contributed by atoms with E-state index in [9.17, 15) is 0 Å². The molecular weight excluding hydrogens is 152 g/mol. The summed E-state index contributed by atoms with van der Waals surface area (Å²) < 4.78 is 0. The topological polar surface area (TPSA) is 0 Å². The molecule has 0 aliphatic rings. The molecule has 0 aromatic heterocycles. The first kappa shape index (κ1) is 8.41. The molecule has 0 aliphatic carbocycles. The molecule has 0 nitrogen and oxygen atoms in total. The molecule has 0 fully saturated rings. The Morgan fingerprint density at radius 2 is 2.18 bits per heavy atom. The van der Waals surface area contributed by atoms with Crippen LogP contribution in [0.15, 0.2) is 29.7 Å². The first-order valence-corrected chi connectivity index (χ1v) is 4.68. The van der Waals surface area contributed by atoms with E-state index in [-0.39, 0.29) is 0 Å². The Balaban J connectivity index is 3.20. The Kier molecular flexibility index (Phi) is 2.77. The van der Waals surface area contributed by atoms with Crippen LogP contribution >= 0.6 is 11.8 Å². The van der Waals surface area contributed by atoms with E-state index < -0.39 is 0 Å². The van der Waals surface area contributed by atoms with Crippen LogP contribution in [-0.2, 0) is 0 Å². The van der Waals surface area contributed by atoms with Crippen molar-refractivity contribution in [3.05, 3.63) is 42.0 Å². The molecule has 57 valence electrons. The highest BCUT2D eigenvalue weighted by Gasteiger charge is 1.98. The van der Waals surface area contributed by atoms with Crippen LogP contribution in [0.3, 0.4) is 0 Å². The summed E-state index contributed by atoms with van der Waals surface area (Å²) >= 11 is 1.76. The van der Waals surface area contributed by atoms with Crippen molar-refractivity contribution in [3.8, 4) is 0 Å². The second kappa shape index (κ2) is 3.63. The Morgan fingerprint density at radius 1 is 1.45 bits per heavy atom. The molecule has 1 aromatic rings. The SMILES string of the molecule is C=[C]c1cccc(SC)c1C. The number of rotatable bonds is 2. The monoisotopic (exact) mass is 163 g/mol. The number of hydrogen-bond acceptors (Lipinski definition) is 1. The predicted octanol–water partition coefficient (Wildman–Crippen LogP) is 3.05. The summed E-state index contributed by atoms with van der Waals surface area (Å²) in [6.45, 7) is 5.73. The molecule has 11 heavy (non-hydrogen) atoms. The van der Waals surface area contributed by atoms with Gasteiger partial charge >= 0.3 is 0 Å². The zero-order valence-corrected chi connectivity index (χ0v) is 7.66. The molecule has 1 aromatic carbocycles. The highest BCUT2D eigenvalue weighted by Crippen LogP contribution is 2.22. The van der Waals surface area contributed by atoms with Gasteiger partial charge in [0.15, 0.2) is 0 Å². The van der Waals surface area contributed by atoms with Crippen LogP contribution in [-0.4, -0.2) is 6.26 Å². The van der Waals surface area contributed by atoms with E-state index in [1.165, 1.54) is 10.5 Å². The minimum Gasteiger partial charge on any atom is -0.129 e. The predicted molar refractivity (Wildman–Crippen MR) is 50.9 cm³/mol. The molecule has 0 heterocycles. The van der Waals surface area contributed by atoms with Crippen LogP contribution in [0.4, 0.5) is 0 Å². The molecule has 0 saturated heterocycles. The second-order valence-electron chi connectivity index (χ2n) is 2.31. The van der Waals surface area contributed by atoms with Gasteiger partial charge in [-0.25, -0.2) is 0 Å². The standard InChI is InChI=1S/C10H11S/c1-4-9-6-5-7-10(11-3)8(9)2/h5-7H,1H2,2-3H3. The van der Waals surface area contributed by atoms with Gasteiger partial charge in [0, 0.05) is 4.90 Å². The quantitative estimate of drug-likeness (QED) is 0.604. The van der Waals surface area contributed by atoms with Crippen molar-refractivity contribution >= 4 is 11.8 Å². The van der Waals surface area contributed by atoms with Crippen molar-refractivity contribution in [2.45, 2.75) is 11.8 Å². The number of hydrogen-bond donors (Lipinski definition) is 0. The van der Waals surface area contributed by atoms with E-state index in [1.54, 1.807) is 11.8 Å². The lowest BCUT2D eigenvalue weighted by molar-refractivity contribution is 1.27. The van der Waals surface area contributed by atoms with Crippen LogP contribution in [0.2, 0.25) is 0 Å². The molecular formula is C10H11S. The van der Waals surface area contributed by atoms with Crippen molar-refractivity contribution in [1.82, 2.24) is 0 Å². The third-order valence-corrected chi connectivity index (χ3v) is 2.58. The zero-order valence-electron chi connectivity index (χ0n) is 6.85. The number of benzene rings is 1. The van der Waals surface area contributed by atoms with Gasteiger partial charge in [0.05, 0.1) is 0 Å². The van der Waals surface area contributed by atoms with E-state index >= 15 is 0 Å². The summed E-state index contributed by atoms with van der Waals surface area (Å²) in [5.74, 6) is 0. The lowest BCUT2D eigenvalue weighted by Gasteiger charge is -2.04. The smallest absolute Gasteiger partial charge is 0.0105 e. The fraction of sp³-hybridized carbons (Fsp3) is 0.200. The van der Waals surface area contributed by atoms with Crippen LogP contribution in [0.25, 0.3) is 0 Å². The third-order valence-electron chi connectivity index (χ3n) is 1.69. The van der Waals surface area contributed by atoms with Crippen molar-refractivity contribution in [2.75, 3.05) is 6.26 Å². The van der Waals surface area contributed by atoms with E-state index in [0.717, 1.165) is 5.56 Å². The lowest BCUT2D eigenvalue weighted by atomic mass is 10.1. The Bertz CT molecular complexity index is 264. The van der Waals surface area contributed by atoms with Crippen molar-refractivity contribution in [2.24, 2.45) is 0 Å². The molecule has 0 bridgehead atoms. The van der Waals surface area contributed by atoms with Gasteiger partial charge in [0.1, 0.15) is 0 Å². The van der Waals surface area contributed by atoms with Gasteiger partial charge in [0.25, 0.3) is 0 Å². The molecule has 0 N–H and O–H groups in total. The largest absolute Gasteiger partial charge is 0.129 e. The molecule has 0 atom stereocenters. The third kappa shape index (κ3) is 1.66. The molecule has 1 rings (SSSR count). The van der Waals surface area contributed by atoms with Crippen LogP contribution in [0, 0.1) is 13.0 Å². The summed E-state index contributed by atoms with van der Waals surface area (Å²) in [5.41, 5.74) is 2.38. The fourth-order valence-corrected chi connectivity index (χ4v) is 1.66. The molecule has 0 amide bonds. The van der Waals surface area contributed by atoms with E-state index in [2.05, 4.69) is 31.9 Å². The normalized spacial score (nSPS) is 9.64. The van der Waals surface area contributed by atoms with Crippen molar-refractivity contribution < 1.29 is 0 Å². The van der Waals surface area contributed by atoms with E-state index in [4.69, 9.17) is 0 Å². The fourth-order valence-electron chi connectivity index (χ4n) is 1.03. The second-order valence-corrected chi connectivity index (χ2v) is 3.16. The Labute approximate surface area is 72.3 Å². The summed E-state index contributed by atoms with van der Waals surface area (Å²) in [7, 11) is 0. The maximum Gasteiger partial charge on any atom is 0.0105 e. The summed E-state index contributed by atoms with van der Waals surface area (Å²) in [4.78, 5) is 1.30. The molecule has 0 unspecified atom stereocenters. The van der Waals surface area contributed by atoms with Gasteiger partial charge in [-0.05, 0) is 36.4 Å². The molecule has 1 heteroatoms.